The van der Waals surface area contributed by atoms with Crippen molar-refractivity contribution in [2.75, 3.05) is 12.8 Å². The number of benzene rings is 1. The van der Waals surface area contributed by atoms with Crippen LogP contribution in [-0.4, -0.2) is 39.3 Å². The number of amides is 1. The van der Waals surface area contributed by atoms with Crippen molar-refractivity contribution in [1.29, 1.82) is 0 Å². The summed E-state index contributed by atoms with van der Waals surface area (Å²) in [5, 5.41) is 9.04. The maximum Gasteiger partial charge on any atom is 0.410 e. The molecular formula is C27H29F2N3O5S. The number of aromatic carboxylic acids is 1. The van der Waals surface area contributed by atoms with Gasteiger partial charge in [-0.15, -0.1) is 11.3 Å². The fraction of sp³-hybridized carbons (Fsp3) is 0.444. The highest BCUT2D eigenvalue weighted by Gasteiger charge is 2.35. The molecule has 5 rings (SSSR count). The Hall–Kier alpha value is -3.47. The fourth-order valence-electron chi connectivity index (χ4n) is 5.09. The monoisotopic (exact) mass is 545 g/mol. The van der Waals surface area contributed by atoms with Crippen LogP contribution >= 0.6 is 11.3 Å². The second kappa shape index (κ2) is 9.07. The topological polar surface area (TPSA) is 115 Å². The van der Waals surface area contributed by atoms with Crippen LogP contribution in [-0.2, 0) is 11.2 Å². The van der Waals surface area contributed by atoms with Crippen molar-refractivity contribution >= 4 is 40.0 Å². The van der Waals surface area contributed by atoms with Crippen LogP contribution in [0.1, 0.15) is 79.3 Å². The van der Waals surface area contributed by atoms with Crippen LogP contribution in [0, 0.1) is 11.6 Å². The van der Waals surface area contributed by atoms with Crippen LogP contribution in [0.15, 0.2) is 17.1 Å². The van der Waals surface area contributed by atoms with Crippen LogP contribution in [0.3, 0.4) is 0 Å². The number of nitrogens with two attached hydrogens (primary N) is 1. The summed E-state index contributed by atoms with van der Waals surface area (Å²) in [5.41, 5.74) is 3.47. The van der Waals surface area contributed by atoms with Gasteiger partial charge in [0.1, 0.15) is 11.2 Å². The molecule has 1 saturated carbocycles. The second-order valence-corrected chi connectivity index (χ2v) is 12.1. The number of rotatable bonds is 4. The van der Waals surface area contributed by atoms with E-state index in [4.69, 9.17) is 10.5 Å². The minimum absolute atomic E-state index is 0.190. The van der Waals surface area contributed by atoms with E-state index in [0.717, 1.165) is 23.1 Å². The van der Waals surface area contributed by atoms with E-state index in [2.05, 4.69) is 0 Å². The largest absolute Gasteiger partial charge is 0.477 e. The van der Waals surface area contributed by atoms with Gasteiger partial charge in [0.15, 0.2) is 11.6 Å². The summed E-state index contributed by atoms with van der Waals surface area (Å²) in [6.45, 7) is 5.35. The lowest BCUT2D eigenvalue weighted by atomic mass is 9.92. The highest BCUT2D eigenvalue weighted by Crippen LogP contribution is 2.46. The predicted octanol–water partition coefficient (Wildman–Crippen LogP) is 5.87. The average molecular weight is 546 g/mol. The third-order valence-corrected chi connectivity index (χ3v) is 8.26. The standard InChI is InChI=1S/C27H29F2N3O5S/c1-27(2,3)37-26(36)31(4)15-6-5-7-16-13(15)10-17(38-16)18-20(28)22(30)19-23(21(18)29)32(12-8-9-12)11-14(24(19)33)25(34)35/h10-12,15H,5-9,30H2,1-4H3,(H,34,35). The van der Waals surface area contributed by atoms with E-state index in [1.165, 1.54) is 20.8 Å². The number of carbonyl (C=O) groups is 2. The Bertz CT molecular complexity index is 1550. The highest BCUT2D eigenvalue weighted by atomic mass is 32.1. The number of carboxylic acids is 1. The van der Waals surface area contributed by atoms with Crippen LogP contribution in [0.4, 0.5) is 19.3 Å². The molecule has 2 heterocycles. The molecule has 0 saturated heterocycles. The van der Waals surface area contributed by atoms with Gasteiger partial charge in [-0.1, -0.05) is 0 Å². The van der Waals surface area contributed by atoms with Gasteiger partial charge in [-0.3, -0.25) is 4.79 Å². The smallest absolute Gasteiger partial charge is 0.410 e. The number of hydrogen-bond acceptors (Lipinski definition) is 6. The molecule has 0 bridgehead atoms. The van der Waals surface area contributed by atoms with Crippen molar-refractivity contribution in [1.82, 2.24) is 9.47 Å². The van der Waals surface area contributed by atoms with Gasteiger partial charge in [-0.2, -0.15) is 0 Å². The first-order chi connectivity index (χ1) is 17.8. The number of carbonyl (C=O) groups excluding carboxylic acids is 1. The van der Waals surface area contributed by atoms with Crippen molar-refractivity contribution in [2.45, 2.75) is 70.6 Å². The minimum atomic E-state index is -1.48. The Balaban J connectivity index is 1.67. The summed E-state index contributed by atoms with van der Waals surface area (Å²) in [5.74, 6) is -3.54. The second-order valence-electron chi connectivity index (χ2n) is 10.9. The van der Waals surface area contributed by atoms with Crippen molar-refractivity contribution in [3.8, 4) is 10.4 Å². The first-order valence-electron chi connectivity index (χ1n) is 12.5. The summed E-state index contributed by atoms with van der Waals surface area (Å²) in [6.07, 6.45) is 4.14. The maximum atomic E-state index is 16.2. The molecule has 2 aliphatic rings. The van der Waals surface area contributed by atoms with Gasteiger partial charge in [0.05, 0.1) is 28.2 Å². The normalized spacial score (nSPS) is 17.4. The molecule has 0 spiro atoms. The number of aromatic nitrogens is 1. The number of carboxylic acid groups (broad SMARTS) is 1. The molecular weight excluding hydrogens is 516 g/mol. The Morgan fingerprint density at radius 3 is 2.50 bits per heavy atom. The molecule has 1 aromatic carbocycles. The number of fused-ring (bicyclic) bond motifs is 2. The number of anilines is 1. The average Bonchev–Trinajstić information content (AvgIpc) is 3.58. The maximum absolute atomic E-state index is 16.2. The zero-order valence-electron chi connectivity index (χ0n) is 21.6. The Kier molecular flexibility index (Phi) is 6.24. The first-order valence-corrected chi connectivity index (χ1v) is 13.3. The molecule has 0 aliphatic heterocycles. The number of nitrogens with zero attached hydrogens (tertiary/aromatic N) is 2. The van der Waals surface area contributed by atoms with Crippen LogP contribution < -0.4 is 11.2 Å². The van der Waals surface area contributed by atoms with E-state index in [-0.39, 0.29) is 23.2 Å². The van der Waals surface area contributed by atoms with Gasteiger partial charge in [-0.25, -0.2) is 18.4 Å². The number of ether oxygens (including phenoxy) is 1. The van der Waals surface area contributed by atoms with Gasteiger partial charge in [0.2, 0.25) is 5.43 Å². The van der Waals surface area contributed by atoms with Crippen LogP contribution in [0.5, 0.6) is 0 Å². The van der Waals surface area contributed by atoms with Gasteiger partial charge < -0.3 is 25.0 Å². The molecule has 3 aromatic rings. The van der Waals surface area contributed by atoms with E-state index < -0.39 is 51.4 Å². The third kappa shape index (κ3) is 4.32. The number of thiophene rings is 1. The first kappa shape index (κ1) is 26.1. The lowest BCUT2D eigenvalue weighted by Gasteiger charge is -2.33. The summed E-state index contributed by atoms with van der Waals surface area (Å²) in [6, 6.07) is 1.15. The Morgan fingerprint density at radius 1 is 1.21 bits per heavy atom. The number of aryl methyl sites for hydroxylation is 1. The molecule has 202 valence electrons. The molecule has 1 unspecified atom stereocenters. The van der Waals surface area contributed by atoms with Crippen molar-refractivity contribution in [3.05, 3.63) is 50.1 Å². The van der Waals surface area contributed by atoms with Crippen molar-refractivity contribution in [2.24, 2.45) is 0 Å². The summed E-state index contributed by atoms with van der Waals surface area (Å²) in [7, 11) is 1.65. The number of pyridine rings is 1. The van der Waals surface area contributed by atoms with Gasteiger partial charge in [0, 0.05) is 29.0 Å². The highest BCUT2D eigenvalue weighted by molar-refractivity contribution is 7.15. The minimum Gasteiger partial charge on any atom is -0.477 e. The Morgan fingerprint density at radius 2 is 1.89 bits per heavy atom. The quantitative estimate of drug-likeness (QED) is 0.397. The molecule has 1 amide bonds. The molecule has 2 aliphatic carbocycles. The molecule has 0 radical (unpaired) electrons. The zero-order chi connectivity index (χ0) is 27.7. The van der Waals surface area contributed by atoms with Crippen LogP contribution in [0.2, 0.25) is 0 Å². The molecule has 2 aromatic heterocycles. The lowest BCUT2D eigenvalue weighted by molar-refractivity contribution is 0.0205. The van der Waals surface area contributed by atoms with Crippen molar-refractivity contribution < 1.29 is 28.2 Å². The van der Waals surface area contributed by atoms with Crippen LogP contribution in [0.25, 0.3) is 21.3 Å². The molecule has 8 nitrogen and oxygen atoms in total. The molecule has 11 heteroatoms. The zero-order valence-corrected chi connectivity index (χ0v) is 22.4. The number of hydrogen-bond donors (Lipinski definition) is 2. The summed E-state index contributed by atoms with van der Waals surface area (Å²) in [4.78, 5) is 40.1. The van der Waals surface area contributed by atoms with E-state index in [1.54, 1.807) is 33.9 Å². The molecule has 1 fully saturated rings. The molecule has 38 heavy (non-hydrogen) atoms. The van der Waals surface area contributed by atoms with E-state index >= 15 is 8.78 Å². The van der Waals surface area contributed by atoms with E-state index in [0.29, 0.717) is 30.6 Å². The van der Waals surface area contributed by atoms with E-state index in [9.17, 15) is 19.5 Å². The number of halogens is 2. The molecule has 1 atom stereocenters. The van der Waals surface area contributed by atoms with Gasteiger partial charge in [-0.05, 0) is 64.5 Å². The fourth-order valence-corrected chi connectivity index (χ4v) is 6.39. The third-order valence-electron chi connectivity index (χ3n) is 7.04. The molecule has 3 N–H and O–H groups in total. The SMILES string of the molecule is CN(C(=O)OC(C)(C)C)C1CCCc2sc(-c3c(F)c(N)c4c(=O)c(C(=O)O)cn(C5CC5)c4c3F)cc21. The number of nitrogen functional groups attached to an aromatic ring is 1. The van der Waals surface area contributed by atoms with Gasteiger partial charge in [0.25, 0.3) is 0 Å². The summed E-state index contributed by atoms with van der Waals surface area (Å²) < 4.78 is 38.9. The van der Waals surface area contributed by atoms with E-state index in [1.807, 2.05) is 0 Å². The van der Waals surface area contributed by atoms with Gasteiger partial charge >= 0.3 is 12.1 Å². The summed E-state index contributed by atoms with van der Waals surface area (Å²) >= 11 is 1.23. The van der Waals surface area contributed by atoms with Crippen molar-refractivity contribution in [3.63, 3.8) is 0 Å². The Labute approximate surface area is 221 Å². The predicted molar refractivity (Wildman–Crippen MR) is 141 cm³/mol. The lowest BCUT2D eigenvalue weighted by Crippen LogP contribution is -2.37.